The Hall–Kier alpha value is -2.69. The zero-order valence-electron chi connectivity index (χ0n) is 13.4. The van der Waals surface area contributed by atoms with Gasteiger partial charge in [0.05, 0.1) is 0 Å². The quantitative estimate of drug-likeness (QED) is 0.859. The van der Waals surface area contributed by atoms with Crippen LogP contribution in [0.5, 0.6) is 0 Å². The highest BCUT2D eigenvalue weighted by Crippen LogP contribution is 2.18. The van der Waals surface area contributed by atoms with Crippen LogP contribution in [0.1, 0.15) is 24.0 Å². The maximum atomic E-state index is 13.1. The van der Waals surface area contributed by atoms with Gasteiger partial charge >= 0.3 is 0 Å². The predicted octanol–water partition coefficient (Wildman–Crippen LogP) is 3.15. The number of nitrogens with one attached hydrogen (secondary N) is 1. The van der Waals surface area contributed by atoms with Crippen molar-refractivity contribution in [1.82, 2.24) is 10.3 Å². The number of aromatic nitrogens is 1. The lowest BCUT2D eigenvalue weighted by Crippen LogP contribution is -2.22. The van der Waals surface area contributed by atoms with Crippen LogP contribution in [0.4, 0.5) is 10.2 Å². The summed E-state index contributed by atoms with van der Waals surface area (Å²) in [6.45, 7) is 2.52. The minimum absolute atomic E-state index is 0.209. The molecule has 2 heterocycles. The van der Waals surface area contributed by atoms with E-state index in [1.165, 1.54) is 31.1 Å². The molecule has 1 aliphatic rings. The summed E-state index contributed by atoms with van der Waals surface area (Å²) in [7, 11) is 0. The van der Waals surface area contributed by atoms with Crippen LogP contribution in [0.15, 0.2) is 48.7 Å². The molecule has 1 aliphatic heterocycles. The monoisotopic (exact) mass is 325 g/mol. The third-order valence-electron chi connectivity index (χ3n) is 3.98. The lowest BCUT2D eigenvalue weighted by Gasteiger charge is -2.16. The Kier molecular flexibility index (Phi) is 5.21. The molecule has 0 aliphatic carbocycles. The van der Waals surface area contributed by atoms with Gasteiger partial charge in [-0.3, -0.25) is 4.79 Å². The highest BCUT2D eigenvalue weighted by atomic mass is 19.1. The molecule has 0 saturated carbocycles. The molecular weight excluding hydrogens is 305 g/mol. The summed E-state index contributed by atoms with van der Waals surface area (Å²) < 4.78 is 13.1. The standard InChI is InChI=1S/C19H20FN3O/c20-17-5-3-4-15(12-17)6-7-19(24)22-14-16-8-9-21-18(13-16)23-10-1-2-11-23/h3-9,12-13H,1-2,10-11,14H2,(H,22,24)/b7-6+. The molecule has 0 spiro atoms. The number of hydrogen-bond acceptors (Lipinski definition) is 3. The molecule has 1 fully saturated rings. The number of benzene rings is 1. The van der Waals surface area contributed by atoms with E-state index in [1.54, 1.807) is 24.4 Å². The summed E-state index contributed by atoms with van der Waals surface area (Å²) in [4.78, 5) is 18.6. The molecular formula is C19H20FN3O. The van der Waals surface area contributed by atoms with Gasteiger partial charge < -0.3 is 10.2 Å². The van der Waals surface area contributed by atoms with Crippen molar-refractivity contribution < 1.29 is 9.18 Å². The molecule has 0 radical (unpaired) electrons. The molecule has 2 aromatic rings. The van der Waals surface area contributed by atoms with Gasteiger partial charge in [-0.25, -0.2) is 9.37 Å². The number of hydrogen-bond donors (Lipinski definition) is 1. The molecule has 5 heteroatoms. The molecule has 1 aromatic heterocycles. The van der Waals surface area contributed by atoms with E-state index < -0.39 is 0 Å². The fraction of sp³-hybridized carbons (Fsp3) is 0.263. The zero-order chi connectivity index (χ0) is 16.8. The van der Waals surface area contributed by atoms with Gasteiger partial charge in [0.1, 0.15) is 11.6 Å². The van der Waals surface area contributed by atoms with Gasteiger partial charge in [0, 0.05) is 31.9 Å². The molecule has 1 amide bonds. The van der Waals surface area contributed by atoms with Gasteiger partial charge in [-0.15, -0.1) is 0 Å². The molecule has 124 valence electrons. The Morgan fingerprint density at radius 2 is 2.08 bits per heavy atom. The summed E-state index contributed by atoms with van der Waals surface area (Å²) in [5, 5.41) is 2.84. The number of carbonyl (C=O) groups is 1. The third-order valence-corrected chi connectivity index (χ3v) is 3.98. The first kappa shape index (κ1) is 16.2. The van der Waals surface area contributed by atoms with Crippen molar-refractivity contribution in [2.24, 2.45) is 0 Å². The minimum Gasteiger partial charge on any atom is -0.357 e. The number of rotatable bonds is 5. The number of pyridine rings is 1. The van der Waals surface area contributed by atoms with Crippen LogP contribution >= 0.6 is 0 Å². The first-order valence-corrected chi connectivity index (χ1v) is 8.12. The first-order valence-electron chi connectivity index (χ1n) is 8.12. The molecule has 0 atom stereocenters. The molecule has 0 unspecified atom stereocenters. The maximum absolute atomic E-state index is 13.1. The van der Waals surface area contributed by atoms with Crippen LogP contribution in [-0.2, 0) is 11.3 Å². The smallest absolute Gasteiger partial charge is 0.244 e. The molecule has 24 heavy (non-hydrogen) atoms. The van der Waals surface area contributed by atoms with Crippen LogP contribution in [0, 0.1) is 5.82 Å². The molecule has 4 nitrogen and oxygen atoms in total. The number of carbonyl (C=O) groups excluding carboxylic acids is 1. The largest absolute Gasteiger partial charge is 0.357 e. The van der Waals surface area contributed by atoms with E-state index in [0.29, 0.717) is 12.1 Å². The van der Waals surface area contributed by atoms with E-state index in [4.69, 9.17) is 0 Å². The average Bonchev–Trinajstić information content (AvgIpc) is 3.13. The lowest BCUT2D eigenvalue weighted by atomic mass is 10.2. The van der Waals surface area contributed by atoms with Crippen molar-refractivity contribution in [3.8, 4) is 0 Å². The second kappa shape index (κ2) is 7.73. The van der Waals surface area contributed by atoms with Crippen molar-refractivity contribution in [3.63, 3.8) is 0 Å². The molecule has 1 aromatic carbocycles. The van der Waals surface area contributed by atoms with E-state index in [-0.39, 0.29) is 11.7 Å². The third kappa shape index (κ3) is 4.41. The van der Waals surface area contributed by atoms with E-state index in [0.717, 1.165) is 24.5 Å². The fourth-order valence-corrected chi connectivity index (χ4v) is 2.72. The van der Waals surface area contributed by atoms with E-state index in [1.807, 2.05) is 12.1 Å². The summed E-state index contributed by atoms with van der Waals surface area (Å²) in [5.74, 6) is 0.442. The predicted molar refractivity (Wildman–Crippen MR) is 93.0 cm³/mol. The normalized spacial score (nSPS) is 14.3. The summed E-state index contributed by atoms with van der Waals surface area (Å²) in [6.07, 6.45) is 7.19. The van der Waals surface area contributed by atoms with Crippen LogP contribution in [0.3, 0.4) is 0 Å². The number of nitrogens with zero attached hydrogens (tertiary/aromatic N) is 2. The molecule has 3 rings (SSSR count). The van der Waals surface area contributed by atoms with Crippen molar-refractivity contribution in [2.45, 2.75) is 19.4 Å². The van der Waals surface area contributed by atoms with Crippen LogP contribution in [-0.4, -0.2) is 24.0 Å². The Labute approximate surface area is 141 Å². The maximum Gasteiger partial charge on any atom is 0.244 e. The average molecular weight is 325 g/mol. The summed E-state index contributed by atoms with van der Waals surface area (Å²) in [5.41, 5.74) is 1.67. The zero-order valence-corrected chi connectivity index (χ0v) is 13.4. The second-order valence-corrected chi connectivity index (χ2v) is 5.82. The Morgan fingerprint density at radius 3 is 2.88 bits per heavy atom. The first-order chi connectivity index (χ1) is 11.7. The minimum atomic E-state index is -0.316. The van der Waals surface area contributed by atoms with Crippen LogP contribution in [0.25, 0.3) is 6.08 Å². The number of amides is 1. The highest BCUT2D eigenvalue weighted by molar-refractivity contribution is 5.91. The summed E-state index contributed by atoms with van der Waals surface area (Å²) >= 11 is 0. The molecule has 0 bridgehead atoms. The van der Waals surface area contributed by atoms with Gasteiger partial charge in [-0.2, -0.15) is 0 Å². The molecule has 1 saturated heterocycles. The summed E-state index contributed by atoms with van der Waals surface area (Å²) in [6, 6.07) is 10.0. The van der Waals surface area contributed by atoms with Crippen molar-refractivity contribution in [1.29, 1.82) is 0 Å². The van der Waals surface area contributed by atoms with Gasteiger partial charge in [0.25, 0.3) is 0 Å². The van der Waals surface area contributed by atoms with Crippen molar-refractivity contribution >= 4 is 17.8 Å². The molecule has 1 N–H and O–H groups in total. The van der Waals surface area contributed by atoms with Gasteiger partial charge in [0.2, 0.25) is 5.91 Å². The topological polar surface area (TPSA) is 45.2 Å². The Balaban J connectivity index is 1.55. The van der Waals surface area contributed by atoms with Crippen molar-refractivity contribution in [2.75, 3.05) is 18.0 Å². The van der Waals surface area contributed by atoms with E-state index in [9.17, 15) is 9.18 Å². The highest BCUT2D eigenvalue weighted by Gasteiger charge is 2.13. The van der Waals surface area contributed by atoms with Crippen molar-refractivity contribution in [3.05, 3.63) is 65.6 Å². The Morgan fingerprint density at radius 1 is 1.25 bits per heavy atom. The van der Waals surface area contributed by atoms with Crippen LogP contribution < -0.4 is 10.2 Å². The van der Waals surface area contributed by atoms with E-state index >= 15 is 0 Å². The number of halogens is 1. The van der Waals surface area contributed by atoms with Gasteiger partial charge in [-0.05, 0) is 54.3 Å². The van der Waals surface area contributed by atoms with E-state index in [2.05, 4.69) is 15.2 Å². The number of anilines is 1. The van der Waals surface area contributed by atoms with Crippen LogP contribution in [0.2, 0.25) is 0 Å². The van der Waals surface area contributed by atoms with Gasteiger partial charge in [-0.1, -0.05) is 12.1 Å². The van der Waals surface area contributed by atoms with Gasteiger partial charge in [0.15, 0.2) is 0 Å². The fourth-order valence-electron chi connectivity index (χ4n) is 2.72. The second-order valence-electron chi connectivity index (χ2n) is 5.82. The Bertz CT molecular complexity index is 739. The SMILES string of the molecule is O=C(/C=C/c1cccc(F)c1)NCc1ccnc(N2CCCC2)c1. The lowest BCUT2D eigenvalue weighted by molar-refractivity contribution is -0.116.